The molecule has 0 bridgehead atoms. The normalized spacial score (nSPS) is 11.8. The van der Waals surface area contributed by atoms with Gasteiger partial charge in [0.05, 0.1) is 6.07 Å². The zero-order valence-electron chi connectivity index (χ0n) is 7.23. The Balaban J connectivity index is 2.80. The zero-order chi connectivity index (χ0) is 8.97. The maximum absolute atomic E-state index is 8.66. The van der Waals surface area contributed by atoms with Crippen LogP contribution >= 0.6 is 0 Å². The van der Waals surface area contributed by atoms with E-state index in [9.17, 15) is 0 Å². The van der Waals surface area contributed by atoms with Crippen molar-refractivity contribution in [2.24, 2.45) is 0 Å². The number of nitrogens with zero attached hydrogens (tertiary/aromatic N) is 3. The minimum atomic E-state index is -0.104. The van der Waals surface area contributed by atoms with E-state index in [-0.39, 0.29) is 6.04 Å². The molecular weight excluding hydrogens is 150 g/mol. The van der Waals surface area contributed by atoms with Crippen molar-refractivity contribution in [2.45, 2.75) is 13.0 Å². The molecule has 3 heteroatoms. The van der Waals surface area contributed by atoms with Crippen molar-refractivity contribution < 1.29 is 0 Å². The van der Waals surface area contributed by atoms with Gasteiger partial charge in [-0.2, -0.15) is 5.26 Å². The highest BCUT2D eigenvalue weighted by Gasteiger charge is 2.06. The Bertz CT molecular complexity index is 276. The molecule has 1 heterocycles. The van der Waals surface area contributed by atoms with Gasteiger partial charge < -0.3 is 4.90 Å². The Hall–Kier alpha value is -1.56. The highest BCUT2D eigenvalue weighted by molar-refractivity contribution is 5.45. The van der Waals surface area contributed by atoms with Gasteiger partial charge in [0.25, 0.3) is 0 Å². The number of nitriles is 1. The van der Waals surface area contributed by atoms with Crippen LogP contribution in [0.5, 0.6) is 0 Å². The monoisotopic (exact) mass is 161 g/mol. The third-order valence-electron chi connectivity index (χ3n) is 1.84. The SMILES string of the molecule is CC(C#N)N(C)c1ccncc1. The summed E-state index contributed by atoms with van der Waals surface area (Å²) < 4.78 is 0. The first-order chi connectivity index (χ1) is 5.75. The lowest BCUT2D eigenvalue weighted by atomic mass is 10.3. The quantitative estimate of drug-likeness (QED) is 0.658. The van der Waals surface area contributed by atoms with E-state index < -0.39 is 0 Å². The van der Waals surface area contributed by atoms with Crippen molar-refractivity contribution in [3.8, 4) is 6.07 Å². The van der Waals surface area contributed by atoms with E-state index in [1.54, 1.807) is 12.4 Å². The summed E-state index contributed by atoms with van der Waals surface area (Å²) >= 11 is 0. The average molecular weight is 161 g/mol. The second-order valence-electron chi connectivity index (χ2n) is 2.62. The van der Waals surface area contributed by atoms with Crippen LogP contribution in [0.25, 0.3) is 0 Å². The largest absolute Gasteiger partial charge is 0.359 e. The molecule has 0 amide bonds. The molecule has 62 valence electrons. The lowest BCUT2D eigenvalue weighted by Crippen LogP contribution is -2.26. The summed E-state index contributed by atoms with van der Waals surface area (Å²) in [6.45, 7) is 1.86. The Labute approximate surface area is 72.3 Å². The van der Waals surface area contributed by atoms with Gasteiger partial charge in [-0.1, -0.05) is 0 Å². The predicted octanol–water partition coefficient (Wildman–Crippen LogP) is 1.43. The van der Waals surface area contributed by atoms with Crippen LogP contribution in [-0.2, 0) is 0 Å². The molecule has 0 aliphatic rings. The smallest absolute Gasteiger partial charge is 0.113 e. The fourth-order valence-corrected chi connectivity index (χ4v) is 0.889. The number of hydrogen-bond donors (Lipinski definition) is 0. The maximum atomic E-state index is 8.66. The van der Waals surface area contributed by atoms with Crippen LogP contribution in [0.2, 0.25) is 0 Å². The molecule has 0 radical (unpaired) electrons. The van der Waals surface area contributed by atoms with Gasteiger partial charge in [-0.15, -0.1) is 0 Å². The molecule has 0 saturated carbocycles. The van der Waals surface area contributed by atoms with Gasteiger partial charge in [0.1, 0.15) is 6.04 Å². The van der Waals surface area contributed by atoms with E-state index in [1.807, 2.05) is 31.0 Å². The van der Waals surface area contributed by atoms with Crippen LogP contribution in [0.1, 0.15) is 6.92 Å². The number of hydrogen-bond acceptors (Lipinski definition) is 3. The Morgan fingerprint density at radius 1 is 1.50 bits per heavy atom. The summed E-state index contributed by atoms with van der Waals surface area (Å²) in [6.07, 6.45) is 3.44. The fraction of sp³-hybridized carbons (Fsp3) is 0.333. The van der Waals surface area contributed by atoms with Gasteiger partial charge in [-0.05, 0) is 19.1 Å². The van der Waals surface area contributed by atoms with Gasteiger partial charge in [0, 0.05) is 25.1 Å². The lowest BCUT2D eigenvalue weighted by Gasteiger charge is -2.20. The number of rotatable bonds is 2. The summed E-state index contributed by atoms with van der Waals surface area (Å²) in [7, 11) is 1.89. The molecule has 0 aliphatic heterocycles. The van der Waals surface area contributed by atoms with Crippen LogP contribution < -0.4 is 4.90 Å². The molecule has 0 aliphatic carbocycles. The minimum absolute atomic E-state index is 0.104. The topological polar surface area (TPSA) is 39.9 Å². The molecule has 0 spiro atoms. The molecule has 3 nitrogen and oxygen atoms in total. The molecule has 0 aromatic carbocycles. The molecule has 1 atom stereocenters. The molecular formula is C9H11N3. The van der Waals surface area contributed by atoms with Crippen molar-refractivity contribution in [3.63, 3.8) is 0 Å². The van der Waals surface area contributed by atoms with E-state index in [0.717, 1.165) is 5.69 Å². The molecule has 12 heavy (non-hydrogen) atoms. The minimum Gasteiger partial charge on any atom is -0.359 e. The second-order valence-corrected chi connectivity index (χ2v) is 2.62. The summed E-state index contributed by atoms with van der Waals surface area (Å²) in [4.78, 5) is 5.81. The third-order valence-corrected chi connectivity index (χ3v) is 1.84. The first-order valence-corrected chi connectivity index (χ1v) is 3.78. The summed E-state index contributed by atoms with van der Waals surface area (Å²) in [5.41, 5.74) is 1.01. The standard InChI is InChI=1S/C9H11N3/c1-8(7-10)12(2)9-3-5-11-6-4-9/h3-6,8H,1-2H3. The van der Waals surface area contributed by atoms with Crippen molar-refractivity contribution >= 4 is 5.69 Å². The molecule has 0 N–H and O–H groups in total. The zero-order valence-corrected chi connectivity index (χ0v) is 7.23. The molecule has 0 saturated heterocycles. The Kier molecular flexibility index (Phi) is 2.65. The van der Waals surface area contributed by atoms with Crippen LogP contribution in [0.4, 0.5) is 5.69 Å². The van der Waals surface area contributed by atoms with E-state index in [4.69, 9.17) is 5.26 Å². The summed E-state index contributed by atoms with van der Waals surface area (Å²) in [5.74, 6) is 0. The van der Waals surface area contributed by atoms with E-state index in [1.165, 1.54) is 0 Å². The molecule has 1 rings (SSSR count). The van der Waals surface area contributed by atoms with Gasteiger partial charge in [-0.25, -0.2) is 0 Å². The lowest BCUT2D eigenvalue weighted by molar-refractivity contribution is 0.834. The fourth-order valence-electron chi connectivity index (χ4n) is 0.889. The van der Waals surface area contributed by atoms with Gasteiger partial charge >= 0.3 is 0 Å². The van der Waals surface area contributed by atoms with Crippen LogP contribution in [0, 0.1) is 11.3 Å². The van der Waals surface area contributed by atoms with Crippen LogP contribution in [0.3, 0.4) is 0 Å². The van der Waals surface area contributed by atoms with E-state index in [0.29, 0.717) is 0 Å². The van der Waals surface area contributed by atoms with Crippen molar-refractivity contribution in [1.82, 2.24) is 4.98 Å². The molecule has 1 aromatic heterocycles. The van der Waals surface area contributed by atoms with Crippen LogP contribution in [0.15, 0.2) is 24.5 Å². The average Bonchev–Trinajstić information content (AvgIpc) is 2.17. The van der Waals surface area contributed by atoms with Gasteiger partial charge in [0.15, 0.2) is 0 Å². The summed E-state index contributed by atoms with van der Waals surface area (Å²) in [5, 5.41) is 8.66. The highest BCUT2D eigenvalue weighted by Crippen LogP contribution is 2.11. The molecule has 0 fully saturated rings. The second kappa shape index (κ2) is 3.72. The molecule has 1 aromatic rings. The van der Waals surface area contributed by atoms with Crippen LogP contribution in [-0.4, -0.2) is 18.1 Å². The Morgan fingerprint density at radius 2 is 2.08 bits per heavy atom. The number of pyridine rings is 1. The van der Waals surface area contributed by atoms with Crippen molar-refractivity contribution in [2.75, 3.05) is 11.9 Å². The number of aromatic nitrogens is 1. The van der Waals surface area contributed by atoms with Crippen molar-refractivity contribution in [3.05, 3.63) is 24.5 Å². The Morgan fingerprint density at radius 3 is 2.58 bits per heavy atom. The molecule has 1 unspecified atom stereocenters. The maximum Gasteiger partial charge on any atom is 0.113 e. The van der Waals surface area contributed by atoms with Crippen molar-refractivity contribution in [1.29, 1.82) is 5.26 Å². The van der Waals surface area contributed by atoms with Gasteiger partial charge in [0.2, 0.25) is 0 Å². The van der Waals surface area contributed by atoms with Gasteiger partial charge in [-0.3, -0.25) is 4.98 Å². The number of anilines is 1. The third kappa shape index (κ3) is 1.73. The summed E-state index contributed by atoms with van der Waals surface area (Å²) in [6, 6.07) is 5.83. The highest BCUT2D eigenvalue weighted by atomic mass is 15.1. The predicted molar refractivity (Wildman–Crippen MR) is 47.7 cm³/mol. The van der Waals surface area contributed by atoms with E-state index in [2.05, 4.69) is 11.1 Å². The first-order valence-electron chi connectivity index (χ1n) is 3.78. The first kappa shape index (κ1) is 8.54. The van der Waals surface area contributed by atoms with E-state index >= 15 is 0 Å².